The number of nitrogens with one attached hydrogen (secondary N) is 1. The highest BCUT2D eigenvalue weighted by molar-refractivity contribution is 5.84. The molecule has 0 fully saturated rings. The van der Waals surface area contributed by atoms with Gasteiger partial charge in [0.1, 0.15) is 11.6 Å². The van der Waals surface area contributed by atoms with E-state index in [4.69, 9.17) is 0 Å². The summed E-state index contributed by atoms with van der Waals surface area (Å²) in [6, 6.07) is 8.97. The zero-order valence-electron chi connectivity index (χ0n) is 9.72. The first kappa shape index (κ1) is 12.5. The quantitative estimate of drug-likeness (QED) is 0.497. The van der Waals surface area contributed by atoms with Crippen molar-refractivity contribution < 1.29 is 10.0 Å². The van der Waals surface area contributed by atoms with Crippen LogP contribution in [0.1, 0.15) is 5.56 Å². The van der Waals surface area contributed by atoms with Crippen LogP contribution in [0.5, 0.6) is 5.75 Å². The van der Waals surface area contributed by atoms with E-state index in [1.165, 1.54) is 24.4 Å². The van der Waals surface area contributed by atoms with E-state index in [0.29, 0.717) is 5.82 Å². The Kier molecular flexibility index (Phi) is 3.67. The van der Waals surface area contributed by atoms with Gasteiger partial charge in [-0.3, -0.25) is 15.5 Å². The number of aromatic hydroxyl groups is 1. The van der Waals surface area contributed by atoms with Gasteiger partial charge in [-0.1, -0.05) is 6.07 Å². The van der Waals surface area contributed by atoms with Crippen molar-refractivity contribution >= 4 is 17.7 Å². The molecule has 2 N–H and O–H groups in total. The molecule has 0 unspecified atom stereocenters. The minimum atomic E-state index is -0.539. The number of anilines is 1. The Labute approximate surface area is 108 Å². The van der Waals surface area contributed by atoms with Crippen LogP contribution >= 0.6 is 0 Å². The summed E-state index contributed by atoms with van der Waals surface area (Å²) in [5.41, 5.74) is 2.78. The fraction of sp³-hybridized carbons (Fsp3) is 0. The monoisotopic (exact) mass is 258 g/mol. The van der Waals surface area contributed by atoms with Crippen molar-refractivity contribution in [3.05, 3.63) is 58.3 Å². The fourth-order valence-electron chi connectivity index (χ4n) is 1.36. The molecule has 7 heteroatoms. The second-order valence-corrected chi connectivity index (χ2v) is 3.59. The largest absolute Gasteiger partial charge is 0.507 e. The lowest BCUT2D eigenvalue weighted by Gasteiger charge is -2.00. The van der Waals surface area contributed by atoms with Gasteiger partial charge in [-0.25, -0.2) is 4.98 Å². The Bertz CT molecular complexity index is 614. The first-order valence-corrected chi connectivity index (χ1v) is 5.34. The highest BCUT2D eigenvalue weighted by atomic mass is 16.6. The van der Waals surface area contributed by atoms with Crippen molar-refractivity contribution in [2.24, 2.45) is 5.10 Å². The Balaban J connectivity index is 2.14. The zero-order valence-corrected chi connectivity index (χ0v) is 9.72. The lowest BCUT2D eigenvalue weighted by atomic mass is 10.2. The van der Waals surface area contributed by atoms with Crippen LogP contribution in [0, 0.1) is 10.1 Å². The Morgan fingerprint density at radius 1 is 1.37 bits per heavy atom. The number of hydrogen-bond acceptors (Lipinski definition) is 6. The van der Waals surface area contributed by atoms with E-state index in [2.05, 4.69) is 15.5 Å². The lowest BCUT2D eigenvalue weighted by molar-refractivity contribution is -0.384. The van der Waals surface area contributed by atoms with Gasteiger partial charge in [0, 0.05) is 23.9 Å². The zero-order chi connectivity index (χ0) is 13.7. The number of phenolic OH excluding ortho intramolecular Hbond substituents is 1. The molecule has 1 aromatic carbocycles. The van der Waals surface area contributed by atoms with E-state index >= 15 is 0 Å². The second kappa shape index (κ2) is 5.58. The average molecular weight is 258 g/mol. The molecule has 0 amide bonds. The maximum Gasteiger partial charge on any atom is 0.270 e. The number of non-ortho nitro benzene ring substituents is 1. The number of nitro benzene ring substituents is 1. The number of hydrazone groups is 1. The molecule has 0 aliphatic carbocycles. The van der Waals surface area contributed by atoms with E-state index in [0.717, 1.165) is 0 Å². The predicted molar refractivity (Wildman–Crippen MR) is 70.2 cm³/mol. The lowest BCUT2D eigenvalue weighted by Crippen LogP contribution is -1.94. The van der Waals surface area contributed by atoms with E-state index in [9.17, 15) is 15.2 Å². The molecular weight excluding hydrogens is 248 g/mol. The van der Waals surface area contributed by atoms with Crippen LogP contribution in [0.2, 0.25) is 0 Å². The predicted octanol–water partition coefficient (Wildman–Crippen LogP) is 2.14. The molecule has 0 spiro atoms. The summed E-state index contributed by atoms with van der Waals surface area (Å²) >= 11 is 0. The normalized spacial score (nSPS) is 10.5. The number of hydrogen-bond donors (Lipinski definition) is 2. The summed E-state index contributed by atoms with van der Waals surface area (Å²) < 4.78 is 0. The van der Waals surface area contributed by atoms with Crippen molar-refractivity contribution in [2.45, 2.75) is 0 Å². The van der Waals surface area contributed by atoms with Gasteiger partial charge in [0.15, 0.2) is 0 Å². The Hall–Kier alpha value is -2.96. The van der Waals surface area contributed by atoms with Crippen LogP contribution in [0.15, 0.2) is 47.7 Å². The maximum atomic E-state index is 10.6. The highest BCUT2D eigenvalue weighted by Gasteiger charge is 2.08. The molecule has 1 heterocycles. The van der Waals surface area contributed by atoms with Gasteiger partial charge in [-0.2, -0.15) is 5.10 Å². The Morgan fingerprint density at radius 2 is 2.21 bits per heavy atom. The molecule has 2 aromatic rings. The molecule has 0 radical (unpaired) electrons. The average Bonchev–Trinajstić information content (AvgIpc) is 2.42. The van der Waals surface area contributed by atoms with Gasteiger partial charge in [0.05, 0.1) is 11.1 Å². The number of nitro groups is 1. The molecule has 0 saturated carbocycles. The molecular formula is C12H10N4O3. The van der Waals surface area contributed by atoms with E-state index < -0.39 is 4.92 Å². The van der Waals surface area contributed by atoms with Crippen molar-refractivity contribution in [3.63, 3.8) is 0 Å². The summed E-state index contributed by atoms with van der Waals surface area (Å²) in [7, 11) is 0. The first-order chi connectivity index (χ1) is 9.16. The highest BCUT2D eigenvalue weighted by Crippen LogP contribution is 2.21. The standard InChI is InChI=1S/C12H10N4O3/c17-11-5-4-10(16(18)19)7-9(11)8-14-15-12-3-1-2-6-13-12/h1-8,17H,(H,13,15). The molecule has 2 rings (SSSR count). The van der Waals surface area contributed by atoms with Gasteiger partial charge in [0.25, 0.3) is 5.69 Å². The maximum absolute atomic E-state index is 10.6. The fourth-order valence-corrected chi connectivity index (χ4v) is 1.36. The molecule has 96 valence electrons. The third-order valence-corrected chi connectivity index (χ3v) is 2.27. The smallest absolute Gasteiger partial charge is 0.270 e. The van der Waals surface area contributed by atoms with Gasteiger partial charge >= 0.3 is 0 Å². The molecule has 1 aromatic heterocycles. The summed E-state index contributed by atoms with van der Waals surface area (Å²) in [5.74, 6) is 0.445. The molecule has 19 heavy (non-hydrogen) atoms. The molecule has 0 atom stereocenters. The molecule has 7 nitrogen and oxygen atoms in total. The van der Waals surface area contributed by atoms with E-state index in [1.807, 2.05) is 0 Å². The minimum Gasteiger partial charge on any atom is -0.507 e. The van der Waals surface area contributed by atoms with Gasteiger partial charge in [-0.15, -0.1) is 0 Å². The van der Waals surface area contributed by atoms with Crippen LogP contribution in [-0.2, 0) is 0 Å². The van der Waals surface area contributed by atoms with Crippen LogP contribution < -0.4 is 5.43 Å². The number of pyridine rings is 1. The van der Waals surface area contributed by atoms with Gasteiger partial charge in [0.2, 0.25) is 0 Å². The number of nitrogens with zero attached hydrogens (tertiary/aromatic N) is 3. The molecule has 0 aliphatic heterocycles. The Morgan fingerprint density at radius 3 is 2.89 bits per heavy atom. The molecule has 0 aliphatic rings. The number of rotatable bonds is 4. The van der Waals surface area contributed by atoms with Crippen molar-refractivity contribution in [1.29, 1.82) is 0 Å². The van der Waals surface area contributed by atoms with Crippen LogP contribution in [-0.4, -0.2) is 21.2 Å². The van der Waals surface area contributed by atoms with Crippen molar-refractivity contribution in [2.75, 3.05) is 5.43 Å². The third kappa shape index (κ3) is 3.25. The van der Waals surface area contributed by atoms with Crippen LogP contribution in [0.25, 0.3) is 0 Å². The summed E-state index contributed by atoms with van der Waals surface area (Å²) in [5, 5.41) is 24.0. The minimum absolute atomic E-state index is 0.0860. The van der Waals surface area contributed by atoms with Gasteiger partial charge in [-0.05, 0) is 18.2 Å². The van der Waals surface area contributed by atoms with E-state index in [-0.39, 0.29) is 17.0 Å². The topological polar surface area (TPSA) is 101 Å². The molecule has 0 bridgehead atoms. The van der Waals surface area contributed by atoms with Crippen molar-refractivity contribution in [1.82, 2.24) is 4.98 Å². The SMILES string of the molecule is O=[N+]([O-])c1ccc(O)c(C=NNc2ccccn2)c1. The van der Waals surface area contributed by atoms with Crippen LogP contribution in [0.4, 0.5) is 11.5 Å². The van der Waals surface area contributed by atoms with Gasteiger partial charge < -0.3 is 5.11 Å². The second-order valence-electron chi connectivity index (χ2n) is 3.59. The van der Waals surface area contributed by atoms with E-state index in [1.54, 1.807) is 24.4 Å². The third-order valence-electron chi connectivity index (χ3n) is 2.27. The number of benzene rings is 1. The van der Waals surface area contributed by atoms with Crippen molar-refractivity contribution in [3.8, 4) is 5.75 Å². The summed E-state index contributed by atoms with van der Waals surface area (Å²) in [6.45, 7) is 0. The van der Waals surface area contributed by atoms with Crippen LogP contribution in [0.3, 0.4) is 0 Å². The number of aromatic nitrogens is 1. The summed E-state index contributed by atoms with van der Waals surface area (Å²) in [6.07, 6.45) is 2.89. The number of phenols is 1. The molecule has 0 saturated heterocycles. The summed E-state index contributed by atoms with van der Waals surface area (Å²) in [4.78, 5) is 14.1. The first-order valence-electron chi connectivity index (χ1n) is 5.34.